The number of benzene rings is 1. The summed E-state index contributed by atoms with van der Waals surface area (Å²) in [7, 11) is 8.83. The smallest absolute Gasteiger partial charge is 0.230 e. The van der Waals surface area contributed by atoms with Gasteiger partial charge >= 0.3 is 0 Å². The van der Waals surface area contributed by atoms with Crippen LogP contribution in [0.4, 0.5) is 5.88 Å². The molecule has 3 rings (SSSR count). The molecule has 0 fully saturated rings. The molecule has 130 valence electrons. The van der Waals surface area contributed by atoms with Crippen LogP contribution in [-0.4, -0.2) is 40.6 Å². The molecule has 0 saturated heterocycles. The van der Waals surface area contributed by atoms with Crippen LogP contribution in [0.15, 0.2) is 16.7 Å². The molecule has 0 amide bonds. The molecule has 24 heavy (non-hydrogen) atoms. The van der Waals surface area contributed by atoms with Gasteiger partial charge in [-0.15, -0.1) is 0 Å². The number of ether oxygens (including phenoxy) is 3. The van der Waals surface area contributed by atoms with Gasteiger partial charge in [-0.05, 0) is 37.0 Å². The highest BCUT2D eigenvalue weighted by Gasteiger charge is 2.30. The van der Waals surface area contributed by atoms with Crippen molar-refractivity contribution < 1.29 is 18.7 Å². The fourth-order valence-electron chi connectivity index (χ4n) is 3.42. The molecular weight excluding hydrogens is 308 g/mol. The average molecular weight is 332 g/mol. The third-order valence-electron chi connectivity index (χ3n) is 4.54. The first-order valence-electron chi connectivity index (χ1n) is 8.06. The summed E-state index contributed by atoms with van der Waals surface area (Å²) in [6.07, 6.45) is 3.11. The van der Waals surface area contributed by atoms with Crippen LogP contribution in [0.5, 0.6) is 17.2 Å². The number of hydrogen-bond acceptors (Lipinski definition) is 6. The molecule has 0 aliphatic heterocycles. The Morgan fingerprint density at radius 1 is 1.08 bits per heavy atom. The Kier molecular flexibility index (Phi) is 4.55. The van der Waals surface area contributed by atoms with E-state index in [0.717, 1.165) is 36.4 Å². The minimum absolute atomic E-state index is 0.167. The summed E-state index contributed by atoms with van der Waals surface area (Å²) in [6, 6.07) is 4.01. The maximum absolute atomic E-state index is 5.58. The fourth-order valence-corrected chi connectivity index (χ4v) is 3.42. The van der Waals surface area contributed by atoms with Gasteiger partial charge in [0.2, 0.25) is 11.6 Å². The molecule has 6 nitrogen and oxygen atoms in total. The second-order valence-electron chi connectivity index (χ2n) is 6.15. The van der Waals surface area contributed by atoms with Crippen molar-refractivity contribution in [3.05, 3.63) is 29.0 Å². The number of hydrogen-bond donors (Lipinski definition) is 0. The number of nitrogens with zero attached hydrogens (tertiary/aromatic N) is 2. The summed E-state index contributed by atoms with van der Waals surface area (Å²) < 4.78 is 22.0. The highest BCUT2D eigenvalue weighted by atomic mass is 16.5. The number of anilines is 1. The van der Waals surface area contributed by atoms with Gasteiger partial charge in [0, 0.05) is 25.6 Å². The Bertz CT molecular complexity index is 699. The van der Waals surface area contributed by atoms with E-state index in [-0.39, 0.29) is 5.92 Å². The lowest BCUT2D eigenvalue weighted by molar-refractivity contribution is 0.323. The maximum Gasteiger partial charge on any atom is 0.230 e. The molecule has 1 aromatic carbocycles. The molecule has 0 radical (unpaired) electrons. The molecule has 0 N–H and O–H groups in total. The summed E-state index contributed by atoms with van der Waals surface area (Å²) in [5.41, 5.74) is 3.31. The highest BCUT2D eigenvalue weighted by molar-refractivity contribution is 5.57. The minimum atomic E-state index is 0.167. The van der Waals surface area contributed by atoms with Crippen LogP contribution in [0, 0.1) is 0 Å². The van der Waals surface area contributed by atoms with E-state index in [1.54, 1.807) is 21.3 Å². The van der Waals surface area contributed by atoms with Crippen LogP contribution >= 0.6 is 0 Å². The second-order valence-corrected chi connectivity index (χ2v) is 6.15. The number of fused-ring (bicyclic) bond motifs is 1. The van der Waals surface area contributed by atoms with E-state index in [2.05, 4.69) is 5.16 Å². The molecule has 1 aromatic heterocycles. The van der Waals surface area contributed by atoms with E-state index in [1.807, 2.05) is 31.1 Å². The summed E-state index contributed by atoms with van der Waals surface area (Å²) in [5, 5.41) is 4.36. The Balaban J connectivity index is 2.08. The minimum Gasteiger partial charge on any atom is -0.493 e. The molecule has 1 aliphatic carbocycles. The first kappa shape index (κ1) is 16.5. The zero-order valence-corrected chi connectivity index (χ0v) is 14.9. The lowest BCUT2D eigenvalue weighted by Gasteiger charge is -2.23. The van der Waals surface area contributed by atoms with E-state index >= 15 is 0 Å². The zero-order chi connectivity index (χ0) is 17.3. The molecule has 6 heteroatoms. The first-order valence-corrected chi connectivity index (χ1v) is 8.06. The van der Waals surface area contributed by atoms with Gasteiger partial charge in [-0.3, -0.25) is 0 Å². The van der Waals surface area contributed by atoms with Gasteiger partial charge in [-0.25, -0.2) is 0 Å². The number of aromatic nitrogens is 1. The van der Waals surface area contributed by atoms with E-state index in [1.165, 1.54) is 5.56 Å². The summed E-state index contributed by atoms with van der Waals surface area (Å²) in [6.45, 7) is 0. The zero-order valence-electron chi connectivity index (χ0n) is 14.9. The van der Waals surface area contributed by atoms with E-state index in [0.29, 0.717) is 17.2 Å². The van der Waals surface area contributed by atoms with Crippen LogP contribution in [-0.2, 0) is 6.42 Å². The van der Waals surface area contributed by atoms with Gasteiger partial charge in [0.05, 0.1) is 27.0 Å². The number of methoxy groups -OCH3 is 3. The molecule has 2 aromatic rings. The summed E-state index contributed by atoms with van der Waals surface area (Å²) >= 11 is 0. The maximum atomic E-state index is 5.58. The third kappa shape index (κ3) is 2.66. The van der Waals surface area contributed by atoms with E-state index < -0.39 is 0 Å². The van der Waals surface area contributed by atoms with Crippen molar-refractivity contribution in [1.29, 1.82) is 0 Å². The molecule has 0 bridgehead atoms. The van der Waals surface area contributed by atoms with Crippen LogP contribution in [0.1, 0.15) is 35.6 Å². The van der Waals surface area contributed by atoms with Crippen LogP contribution in [0.25, 0.3) is 0 Å². The van der Waals surface area contributed by atoms with Crippen molar-refractivity contribution in [3.8, 4) is 17.2 Å². The van der Waals surface area contributed by atoms with Crippen molar-refractivity contribution in [2.24, 2.45) is 0 Å². The Labute approximate surface area is 142 Å². The standard InChI is InChI=1S/C18H24N2O4/c1-20(2)18-13-8-6-7-12(16(13)19-24-18)11-9-14(21-3)17(23-5)15(10-11)22-4/h9-10,12H,6-8H2,1-5H3. The first-order chi connectivity index (χ1) is 11.6. The second kappa shape index (κ2) is 6.63. The summed E-state index contributed by atoms with van der Waals surface area (Å²) in [4.78, 5) is 1.98. The van der Waals surface area contributed by atoms with E-state index in [9.17, 15) is 0 Å². The third-order valence-corrected chi connectivity index (χ3v) is 4.54. The highest BCUT2D eigenvalue weighted by Crippen LogP contribution is 2.45. The Morgan fingerprint density at radius 2 is 1.75 bits per heavy atom. The molecule has 1 unspecified atom stereocenters. The van der Waals surface area contributed by atoms with Gasteiger partial charge in [-0.2, -0.15) is 0 Å². The molecule has 0 spiro atoms. The Morgan fingerprint density at radius 3 is 2.29 bits per heavy atom. The largest absolute Gasteiger partial charge is 0.493 e. The van der Waals surface area contributed by atoms with Gasteiger partial charge in [0.1, 0.15) is 0 Å². The predicted molar refractivity (Wildman–Crippen MR) is 91.7 cm³/mol. The molecule has 1 aliphatic rings. The molecule has 0 saturated carbocycles. The van der Waals surface area contributed by atoms with Gasteiger partial charge in [0.15, 0.2) is 11.5 Å². The van der Waals surface area contributed by atoms with Crippen LogP contribution in [0.3, 0.4) is 0 Å². The van der Waals surface area contributed by atoms with Crippen molar-refractivity contribution in [2.75, 3.05) is 40.3 Å². The normalized spacial score (nSPS) is 16.5. The SMILES string of the molecule is COc1cc(C2CCCc3c2noc3N(C)C)cc(OC)c1OC. The predicted octanol–water partition coefficient (Wildman–Crippen LogP) is 3.23. The van der Waals surface area contributed by atoms with E-state index in [4.69, 9.17) is 18.7 Å². The average Bonchev–Trinajstić information content (AvgIpc) is 3.04. The van der Waals surface area contributed by atoms with Crippen LogP contribution < -0.4 is 19.1 Å². The van der Waals surface area contributed by atoms with Gasteiger partial charge < -0.3 is 23.6 Å². The lowest BCUT2D eigenvalue weighted by Crippen LogP contribution is -2.15. The van der Waals surface area contributed by atoms with Gasteiger partial charge in [0.25, 0.3) is 0 Å². The quantitative estimate of drug-likeness (QED) is 0.838. The monoisotopic (exact) mass is 332 g/mol. The van der Waals surface area contributed by atoms with Crippen molar-refractivity contribution in [2.45, 2.75) is 25.2 Å². The Hall–Kier alpha value is -2.37. The van der Waals surface area contributed by atoms with Crippen molar-refractivity contribution in [3.63, 3.8) is 0 Å². The molecule has 1 atom stereocenters. The van der Waals surface area contributed by atoms with Gasteiger partial charge in [-0.1, -0.05) is 5.16 Å². The summed E-state index contributed by atoms with van der Waals surface area (Å²) in [5.74, 6) is 2.95. The number of rotatable bonds is 5. The van der Waals surface area contributed by atoms with Crippen molar-refractivity contribution in [1.82, 2.24) is 5.16 Å². The lowest BCUT2D eigenvalue weighted by atomic mass is 9.82. The topological polar surface area (TPSA) is 57.0 Å². The molecule has 1 heterocycles. The van der Waals surface area contributed by atoms with Crippen molar-refractivity contribution >= 4 is 5.88 Å². The van der Waals surface area contributed by atoms with Crippen LogP contribution in [0.2, 0.25) is 0 Å². The molecular formula is C18H24N2O4. The fraction of sp³-hybridized carbons (Fsp3) is 0.500.